The molecule has 0 unspecified atom stereocenters. The Bertz CT molecular complexity index is 360. The molecule has 0 rings (SSSR count). The molecule has 0 saturated carbocycles. The van der Waals surface area contributed by atoms with Crippen molar-refractivity contribution in [3.63, 3.8) is 0 Å². The first-order chi connectivity index (χ1) is 6.83. The highest BCUT2D eigenvalue weighted by atomic mass is 32.2. The van der Waals surface area contributed by atoms with E-state index in [0.29, 0.717) is 12.8 Å². The lowest BCUT2D eigenvalue weighted by atomic mass is 10.4. The molecule has 0 aromatic rings. The maximum absolute atomic E-state index is 11.2. The fraction of sp³-hybridized carbons (Fsp3) is 1.00. The Kier molecular flexibility index (Phi) is 6.34. The van der Waals surface area contributed by atoms with Crippen LogP contribution in [0, 0.1) is 0 Å². The maximum atomic E-state index is 11.2. The van der Waals surface area contributed by atoms with E-state index >= 15 is 0 Å². The molecule has 15 heavy (non-hydrogen) atoms. The zero-order valence-electron chi connectivity index (χ0n) is 8.99. The van der Waals surface area contributed by atoms with E-state index in [1.807, 2.05) is 16.6 Å². The summed E-state index contributed by atoms with van der Waals surface area (Å²) in [6, 6.07) is 0. The molecule has 0 heterocycles. The van der Waals surface area contributed by atoms with Gasteiger partial charge in [0.15, 0.2) is 0 Å². The summed E-state index contributed by atoms with van der Waals surface area (Å²) in [5.41, 5.74) is 0. The Morgan fingerprint density at radius 1 is 0.800 bits per heavy atom. The van der Waals surface area contributed by atoms with Gasteiger partial charge in [0.25, 0.3) is 0 Å². The van der Waals surface area contributed by atoms with Crippen LogP contribution in [0.3, 0.4) is 0 Å². The van der Waals surface area contributed by atoms with Crippen molar-refractivity contribution in [2.24, 2.45) is 0 Å². The molecule has 0 atom stereocenters. The predicted molar refractivity (Wildman–Crippen MR) is 59.0 cm³/mol. The second-order valence-corrected chi connectivity index (χ2v) is 6.88. The van der Waals surface area contributed by atoms with Crippen molar-refractivity contribution < 1.29 is 16.8 Å². The van der Waals surface area contributed by atoms with Gasteiger partial charge in [-0.15, -0.1) is 9.66 Å². The van der Waals surface area contributed by atoms with Gasteiger partial charge in [-0.1, -0.05) is 20.3 Å². The number of hydrazine groups is 1. The van der Waals surface area contributed by atoms with Gasteiger partial charge >= 0.3 is 0 Å². The summed E-state index contributed by atoms with van der Waals surface area (Å²) in [5.74, 6) is -0.165. The van der Waals surface area contributed by atoms with E-state index in [0.717, 1.165) is 6.42 Å². The number of hydrogen-bond acceptors (Lipinski definition) is 4. The smallest absolute Gasteiger partial charge is 0.211 e. The van der Waals surface area contributed by atoms with Gasteiger partial charge in [0.05, 0.1) is 11.5 Å². The van der Waals surface area contributed by atoms with Gasteiger partial charge in [-0.05, 0) is 12.8 Å². The minimum Gasteiger partial charge on any atom is -0.211 e. The molecule has 0 fully saturated rings. The van der Waals surface area contributed by atoms with E-state index in [-0.39, 0.29) is 11.5 Å². The minimum atomic E-state index is -3.54. The molecular weight excluding hydrogens is 240 g/mol. The Morgan fingerprint density at radius 3 is 1.67 bits per heavy atom. The lowest BCUT2D eigenvalue weighted by Crippen LogP contribution is -2.43. The van der Waals surface area contributed by atoms with E-state index in [4.69, 9.17) is 0 Å². The van der Waals surface area contributed by atoms with Crippen LogP contribution >= 0.6 is 0 Å². The third-order valence-corrected chi connectivity index (χ3v) is 4.32. The quantitative estimate of drug-likeness (QED) is 0.597. The van der Waals surface area contributed by atoms with Crippen LogP contribution in [0.5, 0.6) is 0 Å². The van der Waals surface area contributed by atoms with Crippen molar-refractivity contribution >= 4 is 20.0 Å². The highest BCUT2D eigenvalue weighted by Crippen LogP contribution is 1.93. The SMILES string of the molecule is CCCCS(=O)(=O)NNS(=O)(=O)CCC. The van der Waals surface area contributed by atoms with Gasteiger partial charge < -0.3 is 0 Å². The lowest BCUT2D eigenvalue weighted by molar-refractivity contribution is 0.555. The van der Waals surface area contributed by atoms with Crippen molar-refractivity contribution in [3.05, 3.63) is 0 Å². The van der Waals surface area contributed by atoms with Crippen LogP contribution in [0.15, 0.2) is 0 Å². The molecule has 92 valence electrons. The largest absolute Gasteiger partial charge is 0.225 e. The monoisotopic (exact) mass is 258 g/mol. The lowest BCUT2D eigenvalue weighted by Gasteiger charge is -2.07. The Morgan fingerprint density at radius 2 is 1.27 bits per heavy atom. The molecule has 0 aliphatic carbocycles. The van der Waals surface area contributed by atoms with Crippen LogP contribution in [0.2, 0.25) is 0 Å². The van der Waals surface area contributed by atoms with Crippen LogP contribution in [-0.2, 0) is 20.0 Å². The average Bonchev–Trinajstić information content (AvgIpc) is 2.12. The van der Waals surface area contributed by atoms with Crippen molar-refractivity contribution in [2.45, 2.75) is 33.1 Å². The Hall–Kier alpha value is -0.180. The normalized spacial score (nSPS) is 12.9. The van der Waals surface area contributed by atoms with E-state index in [1.54, 1.807) is 6.92 Å². The van der Waals surface area contributed by atoms with E-state index < -0.39 is 20.0 Å². The number of sulfonamides is 2. The Balaban J connectivity index is 4.15. The first kappa shape index (κ1) is 14.8. The van der Waals surface area contributed by atoms with E-state index in [9.17, 15) is 16.8 Å². The second-order valence-electron chi connectivity index (χ2n) is 3.20. The third kappa shape index (κ3) is 7.71. The molecule has 0 spiro atoms. The van der Waals surface area contributed by atoms with Crippen molar-refractivity contribution in [1.29, 1.82) is 0 Å². The van der Waals surface area contributed by atoms with Crippen molar-refractivity contribution in [3.8, 4) is 0 Å². The van der Waals surface area contributed by atoms with Crippen LogP contribution in [0.1, 0.15) is 33.1 Å². The summed E-state index contributed by atoms with van der Waals surface area (Å²) in [5, 5.41) is 0. The summed E-state index contributed by atoms with van der Waals surface area (Å²) < 4.78 is 44.6. The molecule has 0 aliphatic heterocycles. The number of unbranched alkanes of at least 4 members (excludes halogenated alkanes) is 1. The third-order valence-electron chi connectivity index (χ3n) is 1.59. The number of rotatable bonds is 8. The average molecular weight is 258 g/mol. The van der Waals surface area contributed by atoms with Gasteiger partial charge in [-0.2, -0.15) is 0 Å². The predicted octanol–water partition coefficient (Wildman–Crippen LogP) is -0.0497. The fourth-order valence-corrected chi connectivity index (χ4v) is 3.26. The van der Waals surface area contributed by atoms with E-state index in [1.165, 1.54) is 0 Å². The number of nitrogens with one attached hydrogen (secondary N) is 2. The Labute approximate surface area is 91.5 Å². The van der Waals surface area contributed by atoms with Crippen LogP contribution in [-0.4, -0.2) is 28.3 Å². The minimum absolute atomic E-state index is 0.0713. The first-order valence-electron chi connectivity index (χ1n) is 4.82. The summed E-state index contributed by atoms with van der Waals surface area (Å²) in [6.07, 6.45) is 1.68. The topological polar surface area (TPSA) is 92.3 Å². The summed E-state index contributed by atoms with van der Waals surface area (Å²) >= 11 is 0. The molecule has 0 aliphatic rings. The zero-order valence-corrected chi connectivity index (χ0v) is 10.6. The van der Waals surface area contributed by atoms with Crippen LogP contribution < -0.4 is 9.66 Å². The molecule has 6 nitrogen and oxygen atoms in total. The molecule has 8 heteroatoms. The van der Waals surface area contributed by atoms with Gasteiger partial charge in [-0.3, -0.25) is 0 Å². The molecule has 0 amide bonds. The fourth-order valence-electron chi connectivity index (χ4n) is 0.832. The molecule has 0 aromatic carbocycles. The zero-order chi connectivity index (χ0) is 11.9. The van der Waals surface area contributed by atoms with E-state index in [2.05, 4.69) is 0 Å². The van der Waals surface area contributed by atoms with Crippen molar-refractivity contribution in [1.82, 2.24) is 9.66 Å². The van der Waals surface area contributed by atoms with Gasteiger partial charge in [0.2, 0.25) is 20.0 Å². The summed E-state index contributed by atoms with van der Waals surface area (Å²) in [7, 11) is -7.07. The standard InChI is InChI=1S/C7H18N2O4S2/c1-3-5-7-15(12,13)9-8-14(10,11)6-4-2/h8-9H,3-7H2,1-2H3. The van der Waals surface area contributed by atoms with Gasteiger partial charge in [0, 0.05) is 0 Å². The molecular formula is C7H18N2O4S2. The molecule has 0 bridgehead atoms. The number of hydrogen-bond donors (Lipinski definition) is 2. The first-order valence-corrected chi connectivity index (χ1v) is 8.12. The van der Waals surface area contributed by atoms with Gasteiger partial charge in [-0.25, -0.2) is 16.8 Å². The summed E-state index contributed by atoms with van der Waals surface area (Å²) in [4.78, 5) is 3.70. The molecule has 0 saturated heterocycles. The maximum Gasteiger partial charge on any atom is 0.225 e. The second kappa shape index (κ2) is 6.41. The van der Waals surface area contributed by atoms with Crippen LogP contribution in [0.25, 0.3) is 0 Å². The highest BCUT2D eigenvalue weighted by molar-refractivity contribution is 7.92. The van der Waals surface area contributed by atoms with Crippen molar-refractivity contribution in [2.75, 3.05) is 11.5 Å². The molecule has 2 N–H and O–H groups in total. The summed E-state index contributed by atoms with van der Waals surface area (Å²) in [6.45, 7) is 3.56. The van der Waals surface area contributed by atoms with Gasteiger partial charge in [0.1, 0.15) is 0 Å². The molecule has 0 radical (unpaired) electrons. The highest BCUT2D eigenvalue weighted by Gasteiger charge is 2.14. The molecule has 0 aromatic heterocycles. The van der Waals surface area contributed by atoms with Crippen LogP contribution in [0.4, 0.5) is 0 Å².